The second-order valence-corrected chi connectivity index (χ2v) is 6.84. The molecule has 0 saturated carbocycles. The highest BCUT2D eigenvalue weighted by Gasteiger charge is 2.23. The SMILES string of the molecule is CCOC(=O)c1cn(CC)c2ncc(OC3Cc4ccccc4C3)cc2c1=O. The minimum atomic E-state index is -0.617. The molecule has 0 radical (unpaired) electrons. The lowest BCUT2D eigenvalue weighted by molar-refractivity contribution is 0.0524. The van der Waals surface area contributed by atoms with Crippen molar-refractivity contribution >= 4 is 17.0 Å². The van der Waals surface area contributed by atoms with Gasteiger partial charge in [-0.05, 0) is 31.0 Å². The Morgan fingerprint density at radius 1 is 1.21 bits per heavy atom. The maximum absolute atomic E-state index is 12.9. The van der Waals surface area contributed by atoms with Gasteiger partial charge in [-0.25, -0.2) is 9.78 Å². The van der Waals surface area contributed by atoms with Crippen molar-refractivity contribution in [1.29, 1.82) is 0 Å². The highest BCUT2D eigenvalue weighted by atomic mass is 16.5. The summed E-state index contributed by atoms with van der Waals surface area (Å²) < 4.78 is 12.9. The summed E-state index contributed by atoms with van der Waals surface area (Å²) in [6, 6.07) is 9.97. The number of hydrogen-bond donors (Lipinski definition) is 0. The standard InChI is InChI=1S/C22H22N2O4/c1-3-24-13-19(22(26)27-4-2)20(25)18-11-17(12-23-21(18)24)28-16-9-14-7-5-6-8-15(14)10-16/h5-8,11-13,16H,3-4,9-10H2,1-2H3. The van der Waals surface area contributed by atoms with Crippen LogP contribution >= 0.6 is 0 Å². The largest absolute Gasteiger partial charge is 0.488 e. The number of hydrogen-bond acceptors (Lipinski definition) is 5. The number of pyridine rings is 2. The minimum Gasteiger partial charge on any atom is -0.488 e. The third kappa shape index (κ3) is 3.26. The van der Waals surface area contributed by atoms with Gasteiger partial charge in [0.2, 0.25) is 5.43 Å². The van der Waals surface area contributed by atoms with Gasteiger partial charge in [0.25, 0.3) is 0 Å². The van der Waals surface area contributed by atoms with Crippen LogP contribution < -0.4 is 10.2 Å². The van der Waals surface area contributed by atoms with Gasteiger partial charge in [0.05, 0.1) is 18.2 Å². The van der Waals surface area contributed by atoms with Gasteiger partial charge in [0.15, 0.2) is 0 Å². The number of fused-ring (bicyclic) bond motifs is 2. The molecule has 0 N–H and O–H groups in total. The van der Waals surface area contributed by atoms with E-state index in [1.54, 1.807) is 23.8 Å². The first kappa shape index (κ1) is 18.2. The Bertz CT molecular complexity index is 1080. The van der Waals surface area contributed by atoms with Gasteiger partial charge in [0.1, 0.15) is 23.1 Å². The molecule has 1 aliphatic rings. The van der Waals surface area contributed by atoms with Crippen LogP contribution in [0.5, 0.6) is 5.75 Å². The second-order valence-electron chi connectivity index (χ2n) is 6.84. The predicted octanol–water partition coefficient (Wildman–Crippen LogP) is 3.14. The first-order valence-corrected chi connectivity index (χ1v) is 9.54. The fourth-order valence-electron chi connectivity index (χ4n) is 3.71. The second kappa shape index (κ2) is 7.46. The van der Waals surface area contributed by atoms with Crippen molar-refractivity contribution in [2.45, 2.75) is 39.3 Å². The zero-order valence-electron chi connectivity index (χ0n) is 16.0. The number of ether oxygens (including phenoxy) is 2. The number of nitrogens with zero attached hydrogens (tertiary/aromatic N) is 2. The van der Waals surface area contributed by atoms with Crippen LogP contribution in [0.25, 0.3) is 11.0 Å². The van der Waals surface area contributed by atoms with Gasteiger partial charge in [-0.3, -0.25) is 4.79 Å². The van der Waals surface area contributed by atoms with E-state index in [0.717, 1.165) is 12.8 Å². The normalized spacial score (nSPS) is 13.5. The fraction of sp³-hybridized carbons (Fsp3) is 0.318. The monoisotopic (exact) mass is 378 g/mol. The first-order valence-electron chi connectivity index (χ1n) is 9.54. The Balaban J connectivity index is 1.69. The average molecular weight is 378 g/mol. The van der Waals surface area contributed by atoms with Gasteiger partial charge in [-0.15, -0.1) is 0 Å². The summed E-state index contributed by atoms with van der Waals surface area (Å²) in [6.45, 7) is 4.44. The van der Waals surface area contributed by atoms with Crippen molar-refractivity contribution in [1.82, 2.24) is 9.55 Å². The Labute approximate surface area is 162 Å². The molecular formula is C22H22N2O4. The smallest absolute Gasteiger partial charge is 0.343 e. The summed E-state index contributed by atoms with van der Waals surface area (Å²) in [5, 5.41) is 0.361. The molecule has 1 aromatic carbocycles. The van der Waals surface area contributed by atoms with Crippen LogP contribution in [0.15, 0.2) is 47.5 Å². The number of esters is 1. The van der Waals surface area contributed by atoms with Gasteiger partial charge >= 0.3 is 5.97 Å². The quantitative estimate of drug-likeness (QED) is 0.638. The molecule has 28 heavy (non-hydrogen) atoms. The maximum atomic E-state index is 12.9. The summed E-state index contributed by atoms with van der Waals surface area (Å²) in [6.07, 6.45) is 4.83. The summed E-state index contributed by atoms with van der Waals surface area (Å²) >= 11 is 0. The van der Waals surface area contributed by atoms with Gasteiger partial charge in [-0.2, -0.15) is 0 Å². The number of carbonyl (C=O) groups excluding carboxylic acids is 1. The van der Waals surface area contributed by atoms with E-state index < -0.39 is 5.97 Å². The van der Waals surface area contributed by atoms with Gasteiger partial charge in [0, 0.05) is 25.6 Å². The lowest BCUT2D eigenvalue weighted by Crippen LogP contribution is -2.22. The van der Waals surface area contributed by atoms with E-state index in [4.69, 9.17) is 9.47 Å². The van der Waals surface area contributed by atoms with Crippen LogP contribution in [0, 0.1) is 0 Å². The predicted molar refractivity (Wildman–Crippen MR) is 106 cm³/mol. The molecule has 0 bridgehead atoms. The molecule has 6 heteroatoms. The highest BCUT2D eigenvalue weighted by Crippen LogP contribution is 2.26. The average Bonchev–Trinajstić information content (AvgIpc) is 3.11. The lowest BCUT2D eigenvalue weighted by atomic mass is 10.1. The van der Waals surface area contributed by atoms with Crippen molar-refractivity contribution in [3.05, 3.63) is 69.6 Å². The number of aryl methyl sites for hydroxylation is 1. The van der Waals surface area contributed by atoms with E-state index in [0.29, 0.717) is 23.3 Å². The molecule has 0 aliphatic heterocycles. The van der Waals surface area contributed by atoms with Crippen LogP contribution in [0.4, 0.5) is 0 Å². The van der Waals surface area contributed by atoms with E-state index in [1.807, 2.05) is 19.1 Å². The third-order valence-electron chi connectivity index (χ3n) is 5.04. The van der Waals surface area contributed by atoms with Crippen LogP contribution in [0.2, 0.25) is 0 Å². The van der Waals surface area contributed by atoms with Crippen LogP contribution in [0.1, 0.15) is 35.3 Å². The number of rotatable bonds is 5. The molecule has 0 amide bonds. The van der Waals surface area contributed by atoms with Crippen molar-refractivity contribution in [2.75, 3.05) is 6.61 Å². The fourth-order valence-corrected chi connectivity index (χ4v) is 3.71. The van der Waals surface area contributed by atoms with Crippen molar-refractivity contribution < 1.29 is 14.3 Å². The van der Waals surface area contributed by atoms with Crippen molar-refractivity contribution in [3.8, 4) is 5.75 Å². The topological polar surface area (TPSA) is 70.4 Å². The van der Waals surface area contributed by atoms with Crippen molar-refractivity contribution in [2.24, 2.45) is 0 Å². The molecule has 0 spiro atoms. The zero-order chi connectivity index (χ0) is 19.7. The van der Waals surface area contributed by atoms with Crippen molar-refractivity contribution in [3.63, 3.8) is 0 Å². The lowest BCUT2D eigenvalue weighted by Gasteiger charge is -2.15. The molecule has 6 nitrogen and oxygen atoms in total. The molecule has 0 saturated heterocycles. The number of carbonyl (C=O) groups is 1. The van der Waals surface area contributed by atoms with E-state index in [2.05, 4.69) is 17.1 Å². The molecular weight excluding hydrogens is 356 g/mol. The van der Waals surface area contributed by atoms with Crippen LogP contribution in [-0.4, -0.2) is 28.2 Å². The Morgan fingerprint density at radius 2 is 1.93 bits per heavy atom. The van der Waals surface area contributed by atoms with Crippen LogP contribution in [0.3, 0.4) is 0 Å². The summed E-state index contributed by atoms with van der Waals surface area (Å²) in [4.78, 5) is 29.5. The van der Waals surface area contributed by atoms with E-state index >= 15 is 0 Å². The van der Waals surface area contributed by atoms with E-state index in [9.17, 15) is 9.59 Å². The molecule has 0 fully saturated rings. The summed E-state index contributed by atoms with van der Waals surface area (Å²) in [5.74, 6) is -0.0831. The first-order chi connectivity index (χ1) is 13.6. The highest BCUT2D eigenvalue weighted by molar-refractivity contribution is 5.93. The molecule has 4 rings (SSSR count). The molecule has 3 aromatic rings. The molecule has 144 valence electrons. The van der Waals surface area contributed by atoms with Gasteiger partial charge < -0.3 is 14.0 Å². The summed E-state index contributed by atoms with van der Waals surface area (Å²) in [7, 11) is 0. The Kier molecular flexibility index (Phi) is 4.86. The Hall–Kier alpha value is -3.15. The van der Waals surface area contributed by atoms with E-state index in [-0.39, 0.29) is 23.7 Å². The summed E-state index contributed by atoms with van der Waals surface area (Å²) in [5.41, 5.74) is 2.75. The van der Waals surface area contributed by atoms with Crippen LogP contribution in [-0.2, 0) is 24.1 Å². The number of aromatic nitrogens is 2. The van der Waals surface area contributed by atoms with Gasteiger partial charge in [-0.1, -0.05) is 24.3 Å². The minimum absolute atomic E-state index is 0.0123. The zero-order valence-corrected chi connectivity index (χ0v) is 16.0. The number of benzene rings is 1. The maximum Gasteiger partial charge on any atom is 0.343 e. The molecule has 2 aromatic heterocycles. The molecule has 0 atom stereocenters. The third-order valence-corrected chi connectivity index (χ3v) is 5.04. The molecule has 0 unspecified atom stereocenters. The van der Waals surface area contributed by atoms with E-state index in [1.165, 1.54) is 17.3 Å². The Morgan fingerprint density at radius 3 is 2.57 bits per heavy atom. The molecule has 1 aliphatic carbocycles. The molecule has 2 heterocycles.